The van der Waals surface area contributed by atoms with Crippen LogP contribution in [0.4, 0.5) is 5.00 Å². The summed E-state index contributed by atoms with van der Waals surface area (Å²) in [5, 5.41) is 14.5. The summed E-state index contributed by atoms with van der Waals surface area (Å²) in [7, 11) is 0. The lowest BCUT2D eigenvalue weighted by Gasteiger charge is -2.07. The SMILES string of the molecule is Cc1cc(C#N)c(NC(=O)c2cccc3ccccc23)s1. The number of benzene rings is 2. The highest BCUT2D eigenvalue weighted by Crippen LogP contribution is 2.28. The van der Waals surface area contributed by atoms with Gasteiger partial charge in [-0.25, -0.2) is 0 Å². The lowest BCUT2D eigenvalue weighted by atomic mass is 10.0. The quantitative estimate of drug-likeness (QED) is 0.764. The highest BCUT2D eigenvalue weighted by Gasteiger charge is 2.13. The van der Waals surface area contributed by atoms with E-state index in [4.69, 9.17) is 5.26 Å². The largest absolute Gasteiger partial charge is 0.312 e. The van der Waals surface area contributed by atoms with E-state index in [0.717, 1.165) is 15.6 Å². The summed E-state index contributed by atoms with van der Waals surface area (Å²) < 4.78 is 0. The molecule has 0 fully saturated rings. The lowest BCUT2D eigenvalue weighted by molar-refractivity contribution is 0.102. The second-order valence-electron chi connectivity index (χ2n) is 4.69. The minimum atomic E-state index is -0.190. The Morgan fingerprint density at radius 2 is 1.95 bits per heavy atom. The molecule has 3 rings (SSSR count). The van der Waals surface area contributed by atoms with Gasteiger partial charge in [-0.2, -0.15) is 5.26 Å². The van der Waals surface area contributed by atoms with Gasteiger partial charge in [0.2, 0.25) is 0 Å². The Hall–Kier alpha value is -2.64. The van der Waals surface area contributed by atoms with Crippen molar-refractivity contribution in [1.82, 2.24) is 0 Å². The van der Waals surface area contributed by atoms with Crippen LogP contribution in [0, 0.1) is 18.3 Å². The van der Waals surface area contributed by atoms with Crippen LogP contribution < -0.4 is 5.32 Å². The normalized spacial score (nSPS) is 10.3. The van der Waals surface area contributed by atoms with Gasteiger partial charge >= 0.3 is 0 Å². The van der Waals surface area contributed by atoms with Gasteiger partial charge in [0.15, 0.2) is 0 Å². The van der Waals surface area contributed by atoms with Crippen LogP contribution in [-0.2, 0) is 0 Å². The van der Waals surface area contributed by atoms with Crippen molar-refractivity contribution in [1.29, 1.82) is 5.26 Å². The van der Waals surface area contributed by atoms with E-state index in [1.54, 1.807) is 12.1 Å². The number of carbonyl (C=O) groups is 1. The van der Waals surface area contributed by atoms with Crippen molar-refractivity contribution < 1.29 is 4.79 Å². The van der Waals surface area contributed by atoms with E-state index < -0.39 is 0 Å². The van der Waals surface area contributed by atoms with E-state index in [1.807, 2.05) is 43.3 Å². The minimum absolute atomic E-state index is 0.190. The second kappa shape index (κ2) is 5.39. The maximum Gasteiger partial charge on any atom is 0.256 e. The highest BCUT2D eigenvalue weighted by atomic mass is 32.1. The number of nitrogens with one attached hydrogen (secondary N) is 1. The molecule has 0 saturated carbocycles. The van der Waals surface area contributed by atoms with Gasteiger partial charge in [-0.15, -0.1) is 11.3 Å². The van der Waals surface area contributed by atoms with Gasteiger partial charge in [0.1, 0.15) is 11.1 Å². The number of thiophene rings is 1. The van der Waals surface area contributed by atoms with Gasteiger partial charge in [0.05, 0.1) is 5.56 Å². The number of rotatable bonds is 2. The molecule has 0 spiro atoms. The molecule has 0 aliphatic rings. The summed E-state index contributed by atoms with van der Waals surface area (Å²) in [5.41, 5.74) is 1.12. The monoisotopic (exact) mass is 292 g/mol. The average Bonchev–Trinajstić information content (AvgIpc) is 2.86. The summed E-state index contributed by atoms with van der Waals surface area (Å²) in [6, 6.07) is 17.3. The lowest BCUT2D eigenvalue weighted by Crippen LogP contribution is -2.12. The third-order valence-corrected chi connectivity index (χ3v) is 4.20. The van der Waals surface area contributed by atoms with Gasteiger partial charge in [-0.3, -0.25) is 4.79 Å². The van der Waals surface area contributed by atoms with E-state index in [1.165, 1.54) is 11.3 Å². The molecule has 102 valence electrons. The van der Waals surface area contributed by atoms with Crippen molar-refractivity contribution in [2.24, 2.45) is 0 Å². The van der Waals surface area contributed by atoms with Crippen LogP contribution in [0.2, 0.25) is 0 Å². The van der Waals surface area contributed by atoms with Crippen molar-refractivity contribution in [3.8, 4) is 6.07 Å². The molecule has 0 saturated heterocycles. The molecular weight excluding hydrogens is 280 g/mol. The van der Waals surface area contributed by atoms with Gasteiger partial charge < -0.3 is 5.32 Å². The summed E-state index contributed by atoms with van der Waals surface area (Å²) in [5.74, 6) is -0.190. The van der Waals surface area contributed by atoms with Gasteiger partial charge in [0.25, 0.3) is 5.91 Å². The van der Waals surface area contributed by atoms with Crippen LogP contribution in [0.3, 0.4) is 0 Å². The molecule has 3 aromatic rings. The first-order chi connectivity index (χ1) is 10.2. The van der Waals surface area contributed by atoms with Gasteiger partial charge in [0, 0.05) is 10.4 Å². The van der Waals surface area contributed by atoms with Crippen molar-refractivity contribution in [2.75, 3.05) is 5.32 Å². The molecule has 1 amide bonds. The highest BCUT2D eigenvalue weighted by molar-refractivity contribution is 7.16. The van der Waals surface area contributed by atoms with Crippen molar-refractivity contribution >= 4 is 33.0 Å². The van der Waals surface area contributed by atoms with Crippen LogP contribution in [-0.4, -0.2) is 5.91 Å². The number of nitrogens with zero attached hydrogens (tertiary/aromatic N) is 1. The van der Waals surface area contributed by atoms with E-state index in [0.29, 0.717) is 16.1 Å². The number of fused-ring (bicyclic) bond motifs is 1. The molecule has 0 aliphatic carbocycles. The average molecular weight is 292 g/mol. The first kappa shape index (κ1) is 13.3. The second-order valence-corrected chi connectivity index (χ2v) is 5.95. The van der Waals surface area contributed by atoms with Crippen LogP contribution in [0.25, 0.3) is 10.8 Å². The van der Waals surface area contributed by atoms with Crippen LogP contribution in [0.5, 0.6) is 0 Å². The smallest absolute Gasteiger partial charge is 0.256 e. The molecule has 1 N–H and O–H groups in total. The number of amides is 1. The third kappa shape index (κ3) is 2.51. The predicted molar refractivity (Wildman–Crippen MR) is 85.7 cm³/mol. The number of aryl methyl sites for hydroxylation is 1. The molecule has 0 bridgehead atoms. The molecule has 3 nitrogen and oxygen atoms in total. The summed E-state index contributed by atoms with van der Waals surface area (Å²) in [6.45, 7) is 1.92. The zero-order valence-electron chi connectivity index (χ0n) is 11.4. The van der Waals surface area contributed by atoms with Crippen molar-refractivity contribution in [3.63, 3.8) is 0 Å². The van der Waals surface area contributed by atoms with E-state index >= 15 is 0 Å². The zero-order chi connectivity index (χ0) is 14.8. The van der Waals surface area contributed by atoms with Gasteiger partial charge in [-0.1, -0.05) is 36.4 Å². The van der Waals surface area contributed by atoms with Crippen molar-refractivity contribution in [3.05, 3.63) is 64.5 Å². The fourth-order valence-corrected chi connectivity index (χ4v) is 3.14. The van der Waals surface area contributed by atoms with E-state index in [-0.39, 0.29) is 5.91 Å². The fraction of sp³-hybridized carbons (Fsp3) is 0.0588. The molecule has 1 heterocycles. The fourth-order valence-electron chi connectivity index (χ4n) is 2.28. The van der Waals surface area contributed by atoms with Crippen LogP contribution >= 0.6 is 11.3 Å². The number of carbonyl (C=O) groups excluding carboxylic acids is 1. The summed E-state index contributed by atoms with van der Waals surface area (Å²) in [6.07, 6.45) is 0. The Kier molecular flexibility index (Phi) is 3.43. The Bertz CT molecular complexity index is 869. The maximum atomic E-state index is 12.5. The molecule has 0 unspecified atom stereocenters. The topological polar surface area (TPSA) is 52.9 Å². The Labute approximate surface area is 126 Å². The predicted octanol–water partition coefficient (Wildman–Crippen LogP) is 4.33. The van der Waals surface area contributed by atoms with E-state index in [2.05, 4.69) is 11.4 Å². The van der Waals surface area contributed by atoms with Gasteiger partial charge in [-0.05, 0) is 29.8 Å². The number of nitriles is 1. The first-order valence-electron chi connectivity index (χ1n) is 6.48. The third-order valence-electron chi connectivity index (χ3n) is 3.24. The van der Waals surface area contributed by atoms with Crippen LogP contribution in [0.15, 0.2) is 48.5 Å². The Balaban J connectivity index is 2.00. The number of anilines is 1. The standard InChI is InChI=1S/C17H12N2OS/c1-11-9-13(10-18)17(21-11)19-16(20)15-8-4-6-12-5-2-3-7-14(12)15/h2-9H,1H3,(H,19,20). The molecule has 2 aromatic carbocycles. The summed E-state index contributed by atoms with van der Waals surface area (Å²) >= 11 is 1.41. The Morgan fingerprint density at radius 3 is 2.76 bits per heavy atom. The molecule has 21 heavy (non-hydrogen) atoms. The molecule has 0 radical (unpaired) electrons. The number of hydrogen-bond donors (Lipinski definition) is 1. The van der Waals surface area contributed by atoms with E-state index in [9.17, 15) is 4.79 Å². The zero-order valence-corrected chi connectivity index (χ0v) is 12.2. The Morgan fingerprint density at radius 1 is 1.19 bits per heavy atom. The molecule has 0 aliphatic heterocycles. The van der Waals surface area contributed by atoms with Crippen molar-refractivity contribution in [2.45, 2.75) is 6.92 Å². The maximum absolute atomic E-state index is 12.5. The summed E-state index contributed by atoms with van der Waals surface area (Å²) in [4.78, 5) is 13.5. The molecule has 4 heteroatoms. The molecular formula is C17H12N2OS. The molecule has 1 aromatic heterocycles. The minimum Gasteiger partial charge on any atom is -0.312 e. The van der Waals surface area contributed by atoms with Crippen LogP contribution in [0.1, 0.15) is 20.8 Å². The first-order valence-corrected chi connectivity index (χ1v) is 7.30. The molecule has 0 atom stereocenters. The number of hydrogen-bond acceptors (Lipinski definition) is 3.